The van der Waals surface area contributed by atoms with Crippen LogP contribution in [0.15, 0.2) is 30.6 Å². The highest BCUT2D eigenvalue weighted by Crippen LogP contribution is 2.49. The summed E-state index contributed by atoms with van der Waals surface area (Å²) in [5.74, 6) is 0.0958. The van der Waals surface area contributed by atoms with Gasteiger partial charge in [-0.05, 0) is 37.5 Å². The zero-order valence-corrected chi connectivity index (χ0v) is 12.6. The van der Waals surface area contributed by atoms with Crippen molar-refractivity contribution in [1.82, 2.24) is 9.97 Å². The summed E-state index contributed by atoms with van der Waals surface area (Å²) in [6.45, 7) is 1.41. The standard InChI is InChI=1S/C17H17F2N3O/c18-12-1-2-14(19)13(7-12)17(4-5-17)22-16-8-15(20-10-21-16)11-3-6-23-9-11/h1-2,7-8,10-11H,3-6,9H2,(H,20,21,22)/t11-/m1/s1. The van der Waals surface area contributed by atoms with Gasteiger partial charge in [0.2, 0.25) is 0 Å². The summed E-state index contributed by atoms with van der Waals surface area (Å²) in [4.78, 5) is 8.55. The van der Waals surface area contributed by atoms with Crippen molar-refractivity contribution in [3.63, 3.8) is 0 Å². The molecule has 1 N–H and O–H groups in total. The Hall–Kier alpha value is -2.08. The van der Waals surface area contributed by atoms with E-state index in [-0.39, 0.29) is 5.92 Å². The Morgan fingerprint density at radius 1 is 1.17 bits per heavy atom. The predicted octanol–water partition coefficient (Wildman–Crippen LogP) is 3.36. The van der Waals surface area contributed by atoms with Crippen molar-refractivity contribution in [3.8, 4) is 0 Å². The molecule has 1 aromatic carbocycles. The molecule has 2 aliphatic rings. The van der Waals surface area contributed by atoms with E-state index in [0.717, 1.165) is 37.6 Å². The number of ether oxygens (including phenoxy) is 1. The van der Waals surface area contributed by atoms with Gasteiger partial charge in [0, 0.05) is 24.2 Å². The van der Waals surface area contributed by atoms with E-state index in [9.17, 15) is 8.78 Å². The van der Waals surface area contributed by atoms with Crippen LogP contribution in [0.2, 0.25) is 0 Å². The molecule has 1 aliphatic carbocycles. The van der Waals surface area contributed by atoms with E-state index in [1.165, 1.54) is 18.5 Å². The summed E-state index contributed by atoms with van der Waals surface area (Å²) in [7, 11) is 0. The maximum atomic E-state index is 14.1. The SMILES string of the molecule is Fc1ccc(F)c(C2(Nc3cc([C@@H]4CCOC4)ncn3)CC2)c1. The van der Waals surface area contributed by atoms with Gasteiger partial charge in [0.25, 0.3) is 0 Å². The molecular formula is C17H17F2N3O. The molecule has 1 atom stereocenters. The second-order valence-corrected chi connectivity index (χ2v) is 6.22. The molecule has 1 saturated carbocycles. The van der Waals surface area contributed by atoms with Gasteiger partial charge in [-0.25, -0.2) is 18.7 Å². The molecule has 1 saturated heterocycles. The summed E-state index contributed by atoms with van der Waals surface area (Å²) in [5, 5.41) is 3.28. The number of anilines is 1. The molecule has 0 amide bonds. The summed E-state index contributed by atoms with van der Waals surface area (Å²) >= 11 is 0. The summed E-state index contributed by atoms with van der Waals surface area (Å²) in [5.41, 5.74) is 0.724. The highest BCUT2D eigenvalue weighted by atomic mass is 19.1. The molecule has 0 radical (unpaired) electrons. The molecule has 2 aromatic rings. The molecule has 1 aromatic heterocycles. The zero-order valence-electron chi connectivity index (χ0n) is 12.6. The molecule has 0 spiro atoms. The molecule has 4 nitrogen and oxygen atoms in total. The molecule has 0 unspecified atom stereocenters. The van der Waals surface area contributed by atoms with Crippen molar-refractivity contribution >= 4 is 5.82 Å². The van der Waals surface area contributed by atoms with Crippen molar-refractivity contribution in [2.45, 2.75) is 30.7 Å². The van der Waals surface area contributed by atoms with Crippen LogP contribution in [-0.4, -0.2) is 23.2 Å². The molecule has 2 heterocycles. The van der Waals surface area contributed by atoms with Crippen LogP contribution in [-0.2, 0) is 10.3 Å². The van der Waals surface area contributed by atoms with Gasteiger partial charge >= 0.3 is 0 Å². The number of nitrogens with zero attached hydrogens (tertiary/aromatic N) is 2. The van der Waals surface area contributed by atoms with E-state index >= 15 is 0 Å². The maximum Gasteiger partial charge on any atom is 0.130 e. The Morgan fingerprint density at radius 3 is 2.78 bits per heavy atom. The molecule has 1 aliphatic heterocycles. The second-order valence-electron chi connectivity index (χ2n) is 6.22. The Bertz CT molecular complexity index is 728. The first-order valence-electron chi connectivity index (χ1n) is 7.80. The maximum absolute atomic E-state index is 14.1. The quantitative estimate of drug-likeness (QED) is 0.939. The van der Waals surface area contributed by atoms with Gasteiger partial charge in [-0.15, -0.1) is 0 Å². The third kappa shape index (κ3) is 2.79. The van der Waals surface area contributed by atoms with Gasteiger partial charge in [0.05, 0.1) is 17.8 Å². The van der Waals surface area contributed by atoms with Crippen LogP contribution < -0.4 is 5.32 Å². The summed E-state index contributed by atoms with van der Waals surface area (Å²) in [6, 6.07) is 5.46. The highest BCUT2D eigenvalue weighted by Gasteiger charge is 2.46. The zero-order chi connectivity index (χ0) is 15.9. The van der Waals surface area contributed by atoms with E-state index in [0.29, 0.717) is 18.0 Å². The summed E-state index contributed by atoms with van der Waals surface area (Å²) < 4.78 is 32.9. The first-order chi connectivity index (χ1) is 11.2. The lowest BCUT2D eigenvalue weighted by Crippen LogP contribution is -2.21. The van der Waals surface area contributed by atoms with Crippen molar-refractivity contribution < 1.29 is 13.5 Å². The van der Waals surface area contributed by atoms with Crippen LogP contribution >= 0.6 is 0 Å². The number of rotatable bonds is 4. The largest absolute Gasteiger partial charge is 0.381 e. The Kier molecular flexibility index (Phi) is 3.49. The monoisotopic (exact) mass is 317 g/mol. The van der Waals surface area contributed by atoms with Crippen LogP contribution in [0.25, 0.3) is 0 Å². The van der Waals surface area contributed by atoms with Crippen molar-refractivity contribution in [3.05, 3.63) is 53.5 Å². The average Bonchev–Trinajstić information content (AvgIpc) is 3.12. The highest BCUT2D eigenvalue weighted by molar-refractivity contribution is 5.47. The van der Waals surface area contributed by atoms with Crippen LogP contribution in [0.4, 0.5) is 14.6 Å². The lowest BCUT2D eigenvalue weighted by atomic mass is 10.0. The lowest BCUT2D eigenvalue weighted by Gasteiger charge is -2.20. The minimum atomic E-state index is -0.565. The Morgan fingerprint density at radius 2 is 2.04 bits per heavy atom. The van der Waals surface area contributed by atoms with Crippen LogP contribution in [0.5, 0.6) is 0 Å². The predicted molar refractivity (Wildman–Crippen MR) is 81.1 cm³/mol. The Balaban J connectivity index is 1.60. The lowest BCUT2D eigenvalue weighted by molar-refractivity contribution is 0.193. The van der Waals surface area contributed by atoms with E-state index < -0.39 is 17.2 Å². The minimum Gasteiger partial charge on any atom is -0.381 e. The summed E-state index contributed by atoms with van der Waals surface area (Å²) in [6.07, 6.45) is 3.95. The number of halogens is 2. The van der Waals surface area contributed by atoms with Crippen LogP contribution in [0.1, 0.15) is 36.4 Å². The molecule has 6 heteroatoms. The topological polar surface area (TPSA) is 47.0 Å². The molecule has 0 bridgehead atoms. The molecular weight excluding hydrogens is 300 g/mol. The van der Waals surface area contributed by atoms with Gasteiger partial charge in [-0.2, -0.15) is 0 Å². The fourth-order valence-electron chi connectivity index (χ4n) is 3.13. The van der Waals surface area contributed by atoms with E-state index in [1.807, 2.05) is 6.07 Å². The molecule has 2 fully saturated rings. The third-order valence-corrected chi connectivity index (χ3v) is 4.60. The second kappa shape index (κ2) is 5.53. The fourth-order valence-corrected chi connectivity index (χ4v) is 3.13. The average molecular weight is 317 g/mol. The number of aromatic nitrogens is 2. The van der Waals surface area contributed by atoms with Gasteiger partial charge in [-0.1, -0.05) is 0 Å². The number of hydrogen-bond donors (Lipinski definition) is 1. The van der Waals surface area contributed by atoms with E-state index in [4.69, 9.17) is 4.74 Å². The molecule has 4 rings (SSSR count). The fraction of sp³-hybridized carbons (Fsp3) is 0.412. The molecule has 23 heavy (non-hydrogen) atoms. The van der Waals surface area contributed by atoms with Gasteiger partial charge in [-0.3, -0.25) is 0 Å². The first kappa shape index (κ1) is 14.5. The van der Waals surface area contributed by atoms with Crippen molar-refractivity contribution in [1.29, 1.82) is 0 Å². The van der Waals surface area contributed by atoms with Gasteiger partial charge in [0.15, 0.2) is 0 Å². The normalized spacial score (nSPS) is 22.1. The Labute approximate surface area is 132 Å². The van der Waals surface area contributed by atoms with E-state index in [1.54, 1.807) is 0 Å². The number of hydrogen-bond acceptors (Lipinski definition) is 4. The van der Waals surface area contributed by atoms with Crippen molar-refractivity contribution in [2.75, 3.05) is 18.5 Å². The number of benzene rings is 1. The molecule has 120 valence electrons. The number of nitrogens with one attached hydrogen (secondary N) is 1. The van der Waals surface area contributed by atoms with Crippen molar-refractivity contribution in [2.24, 2.45) is 0 Å². The van der Waals surface area contributed by atoms with E-state index in [2.05, 4.69) is 15.3 Å². The minimum absolute atomic E-state index is 0.277. The van der Waals surface area contributed by atoms with Crippen LogP contribution in [0, 0.1) is 11.6 Å². The van der Waals surface area contributed by atoms with Gasteiger partial charge < -0.3 is 10.1 Å². The smallest absolute Gasteiger partial charge is 0.130 e. The van der Waals surface area contributed by atoms with Crippen LogP contribution in [0.3, 0.4) is 0 Å². The first-order valence-corrected chi connectivity index (χ1v) is 7.80. The van der Waals surface area contributed by atoms with Gasteiger partial charge in [0.1, 0.15) is 23.8 Å². The third-order valence-electron chi connectivity index (χ3n) is 4.60.